The maximum atomic E-state index is 13.6. The Hall–Kier alpha value is -2.98. The molecule has 2 amide bonds. The molecule has 0 radical (unpaired) electrons. The van der Waals surface area contributed by atoms with Gasteiger partial charge in [0.15, 0.2) is 11.5 Å². The van der Waals surface area contributed by atoms with Gasteiger partial charge in [0.1, 0.15) is 12.6 Å². The zero-order valence-corrected chi connectivity index (χ0v) is 23.2. The number of sulfonamides is 1. The molecule has 0 aliphatic heterocycles. The van der Waals surface area contributed by atoms with Gasteiger partial charge in [0.05, 0.1) is 26.2 Å². The summed E-state index contributed by atoms with van der Waals surface area (Å²) < 4.78 is 36.9. The molecule has 0 bridgehead atoms. The van der Waals surface area contributed by atoms with E-state index in [9.17, 15) is 18.0 Å². The standard InChI is InChI=1S/C25H34ClN3O6S/c1-17(24(31)27-25(2,3)4)28(15-18-9-8-10-19(26)13-18)23(30)16-29(36(7,32)33)20-11-12-21(34-5)22(14-20)35-6/h8-14,17H,15-16H2,1-7H3,(H,27,31)/t17-/m0/s1. The molecule has 0 aliphatic rings. The molecule has 2 aromatic carbocycles. The number of hydrogen-bond acceptors (Lipinski definition) is 6. The van der Waals surface area contributed by atoms with E-state index in [1.54, 1.807) is 37.3 Å². The van der Waals surface area contributed by atoms with Gasteiger partial charge in [0.2, 0.25) is 21.8 Å². The number of carbonyl (C=O) groups is 2. The maximum Gasteiger partial charge on any atom is 0.244 e. The quantitative estimate of drug-likeness (QED) is 0.496. The third-order valence-electron chi connectivity index (χ3n) is 5.24. The average molecular weight is 540 g/mol. The van der Waals surface area contributed by atoms with E-state index in [-0.39, 0.29) is 18.1 Å². The lowest BCUT2D eigenvalue weighted by molar-refractivity contribution is -0.140. The molecule has 1 N–H and O–H groups in total. The van der Waals surface area contributed by atoms with E-state index < -0.39 is 34.1 Å². The van der Waals surface area contributed by atoms with Crippen molar-refractivity contribution in [3.8, 4) is 11.5 Å². The number of benzene rings is 2. The second-order valence-electron chi connectivity index (χ2n) is 9.38. The van der Waals surface area contributed by atoms with Crippen molar-refractivity contribution in [2.24, 2.45) is 0 Å². The molecule has 0 heterocycles. The van der Waals surface area contributed by atoms with Gasteiger partial charge in [-0.05, 0) is 57.5 Å². The molecule has 9 nitrogen and oxygen atoms in total. The summed E-state index contributed by atoms with van der Waals surface area (Å²) in [5.74, 6) is -0.206. The van der Waals surface area contributed by atoms with Crippen LogP contribution in [0.25, 0.3) is 0 Å². The van der Waals surface area contributed by atoms with Crippen LogP contribution in [0.2, 0.25) is 5.02 Å². The zero-order chi connectivity index (χ0) is 27.3. The van der Waals surface area contributed by atoms with Crippen molar-refractivity contribution in [1.82, 2.24) is 10.2 Å². The van der Waals surface area contributed by atoms with Crippen LogP contribution in [0, 0.1) is 0 Å². The number of halogens is 1. The summed E-state index contributed by atoms with van der Waals surface area (Å²) in [6.07, 6.45) is 1.01. The molecule has 0 spiro atoms. The van der Waals surface area contributed by atoms with Crippen LogP contribution in [0.15, 0.2) is 42.5 Å². The second kappa shape index (κ2) is 11.8. The van der Waals surface area contributed by atoms with Gasteiger partial charge in [0.25, 0.3) is 0 Å². The minimum atomic E-state index is -3.88. The van der Waals surface area contributed by atoms with E-state index in [2.05, 4.69) is 5.32 Å². The van der Waals surface area contributed by atoms with Crippen LogP contribution in [-0.4, -0.2) is 63.7 Å². The molecule has 0 saturated carbocycles. The zero-order valence-electron chi connectivity index (χ0n) is 21.7. The van der Waals surface area contributed by atoms with E-state index >= 15 is 0 Å². The number of amides is 2. The van der Waals surface area contributed by atoms with Gasteiger partial charge >= 0.3 is 0 Å². The van der Waals surface area contributed by atoms with Crippen molar-refractivity contribution in [3.05, 3.63) is 53.1 Å². The molecule has 36 heavy (non-hydrogen) atoms. The van der Waals surface area contributed by atoms with Crippen molar-refractivity contribution >= 4 is 39.1 Å². The van der Waals surface area contributed by atoms with Crippen molar-refractivity contribution in [3.63, 3.8) is 0 Å². The van der Waals surface area contributed by atoms with Crippen LogP contribution in [0.1, 0.15) is 33.3 Å². The molecular weight excluding hydrogens is 506 g/mol. The first kappa shape index (κ1) is 29.3. The summed E-state index contributed by atoms with van der Waals surface area (Å²) in [6.45, 7) is 6.64. The molecule has 1 atom stereocenters. The molecule has 0 fully saturated rings. The van der Waals surface area contributed by atoms with Crippen molar-refractivity contribution < 1.29 is 27.5 Å². The van der Waals surface area contributed by atoms with E-state index in [0.717, 1.165) is 10.6 Å². The highest BCUT2D eigenvalue weighted by atomic mass is 35.5. The van der Waals surface area contributed by atoms with Crippen molar-refractivity contribution in [2.45, 2.75) is 45.8 Å². The fourth-order valence-corrected chi connectivity index (χ4v) is 4.54. The number of rotatable bonds is 10. The highest BCUT2D eigenvalue weighted by Crippen LogP contribution is 2.32. The summed E-state index contributed by atoms with van der Waals surface area (Å²) in [7, 11) is -0.982. The minimum Gasteiger partial charge on any atom is -0.493 e. The Morgan fingerprint density at radius 2 is 1.69 bits per heavy atom. The predicted molar refractivity (Wildman–Crippen MR) is 141 cm³/mol. The number of anilines is 1. The molecule has 198 valence electrons. The lowest BCUT2D eigenvalue weighted by Gasteiger charge is -2.33. The van der Waals surface area contributed by atoms with Crippen LogP contribution in [0.4, 0.5) is 5.69 Å². The Kier molecular flexibility index (Phi) is 9.62. The van der Waals surface area contributed by atoms with Gasteiger partial charge in [0, 0.05) is 23.2 Å². The Morgan fingerprint density at radius 1 is 1.06 bits per heavy atom. The van der Waals surface area contributed by atoms with Gasteiger partial charge in [-0.25, -0.2) is 8.42 Å². The fourth-order valence-electron chi connectivity index (χ4n) is 3.48. The van der Waals surface area contributed by atoms with Crippen LogP contribution in [0.5, 0.6) is 11.5 Å². The molecule has 0 unspecified atom stereocenters. The highest BCUT2D eigenvalue weighted by molar-refractivity contribution is 7.92. The van der Waals surface area contributed by atoms with Crippen LogP contribution >= 0.6 is 11.6 Å². The van der Waals surface area contributed by atoms with Crippen LogP contribution in [-0.2, 0) is 26.2 Å². The maximum absolute atomic E-state index is 13.6. The number of hydrogen-bond donors (Lipinski definition) is 1. The Labute approximate surface area is 218 Å². The Bertz CT molecular complexity index is 1200. The van der Waals surface area contributed by atoms with E-state index in [1.807, 2.05) is 20.8 Å². The summed E-state index contributed by atoms with van der Waals surface area (Å²) in [5, 5.41) is 3.35. The molecule has 2 rings (SSSR count). The second-order valence-corrected chi connectivity index (χ2v) is 11.7. The lowest BCUT2D eigenvalue weighted by Crippen LogP contribution is -2.54. The Balaban J connectivity index is 2.46. The lowest BCUT2D eigenvalue weighted by atomic mass is 10.1. The molecule has 11 heteroatoms. The molecular formula is C25H34ClN3O6S. The topological polar surface area (TPSA) is 105 Å². The third-order valence-corrected chi connectivity index (χ3v) is 6.62. The fraction of sp³-hybridized carbons (Fsp3) is 0.440. The summed E-state index contributed by atoms with van der Waals surface area (Å²) in [5.41, 5.74) is 0.399. The highest BCUT2D eigenvalue weighted by Gasteiger charge is 2.31. The van der Waals surface area contributed by atoms with E-state index in [4.69, 9.17) is 21.1 Å². The largest absolute Gasteiger partial charge is 0.493 e. The number of ether oxygens (including phenoxy) is 2. The first-order valence-electron chi connectivity index (χ1n) is 11.2. The first-order valence-corrected chi connectivity index (χ1v) is 13.4. The number of nitrogens with zero attached hydrogens (tertiary/aromatic N) is 2. The summed E-state index contributed by atoms with van der Waals surface area (Å²) in [4.78, 5) is 27.9. The van der Waals surface area contributed by atoms with Gasteiger partial charge in [-0.1, -0.05) is 23.7 Å². The monoisotopic (exact) mass is 539 g/mol. The van der Waals surface area contributed by atoms with Gasteiger partial charge in [-0.15, -0.1) is 0 Å². The van der Waals surface area contributed by atoms with Crippen LogP contribution < -0.4 is 19.1 Å². The normalized spacial score (nSPS) is 12.4. The molecule has 0 aromatic heterocycles. The Morgan fingerprint density at radius 3 is 2.22 bits per heavy atom. The summed E-state index contributed by atoms with van der Waals surface area (Å²) >= 11 is 6.12. The predicted octanol–water partition coefficient (Wildman–Crippen LogP) is 3.46. The molecule has 2 aromatic rings. The molecule has 0 aliphatic carbocycles. The smallest absolute Gasteiger partial charge is 0.244 e. The van der Waals surface area contributed by atoms with Crippen molar-refractivity contribution in [1.29, 1.82) is 0 Å². The SMILES string of the molecule is COc1ccc(N(CC(=O)N(Cc2cccc(Cl)c2)[C@@H](C)C(=O)NC(C)(C)C)S(C)(=O)=O)cc1OC. The summed E-state index contributed by atoms with van der Waals surface area (Å²) in [6, 6.07) is 10.6. The first-order chi connectivity index (χ1) is 16.7. The number of carbonyl (C=O) groups excluding carboxylic acids is 2. The average Bonchev–Trinajstić information content (AvgIpc) is 2.78. The van der Waals surface area contributed by atoms with Gasteiger partial charge in [-0.3, -0.25) is 13.9 Å². The minimum absolute atomic E-state index is 0.0572. The molecule has 0 saturated heterocycles. The van der Waals surface area contributed by atoms with Crippen molar-refractivity contribution in [2.75, 3.05) is 31.3 Å². The van der Waals surface area contributed by atoms with E-state index in [0.29, 0.717) is 22.1 Å². The van der Waals surface area contributed by atoms with Crippen LogP contribution in [0.3, 0.4) is 0 Å². The number of nitrogens with one attached hydrogen (secondary N) is 1. The van der Waals surface area contributed by atoms with Gasteiger partial charge < -0.3 is 19.7 Å². The van der Waals surface area contributed by atoms with E-state index in [1.165, 1.54) is 31.3 Å². The van der Waals surface area contributed by atoms with Gasteiger partial charge in [-0.2, -0.15) is 0 Å². The third kappa shape index (κ3) is 8.03. The number of methoxy groups -OCH3 is 2.